The molecule has 0 N–H and O–H groups in total. The molecule has 0 aromatic heterocycles. The Kier molecular flexibility index (Phi) is 6.04. The van der Waals surface area contributed by atoms with E-state index >= 15 is 0 Å². The van der Waals surface area contributed by atoms with E-state index in [1.165, 1.54) is 11.1 Å². The molecule has 0 spiro atoms. The van der Waals surface area contributed by atoms with Crippen LogP contribution in [-0.2, 0) is 11.3 Å². The van der Waals surface area contributed by atoms with Crippen LogP contribution in [0, 0.1) is 6.92 Å². The van der Waals surface area contributed by atoms with E-state index in [1.54, 1.807) is 0 Å². The SMILES string of the molecule is Cc1ccc(OCC(=O)N2CCN(C(C)C3=Nc4ccccc4CN3C)CC2)cc1. The zero-order valence-electron chi connectivity index (χ0n) is 18.0. The van der Waals surface area contributed by atoms with Gasteiger partial charge in [0.05, 0.1) is 11.7 Å². The molecule has 2 aliphatic rings. The van der Waals surface area contributed by atoms with E-state index in [0.29, 0.717) is 13.1 Å². The van der Waals surface area contributed by atoms with Gasteiger partial charge in [0.15, 0.2) is 6.61 Å². The zero-order chi connectivity index (χ0) is 21.1. The molecule has 2 aromatic carbocycles. The van der Waals surface area contributed by atoms with Crippen LogP contribution in [0.2, 0.25) is 0 Å². The van der Waals surface area contributed by atoms with E-state index in [4.69, 9.17) is 9.73 Å². The number of aryl methyl sites for hydroxylation is 1. The molecule has 1 saturated heterocycles. The first kappa shape index (κ1) is 20.4. The lowest BCUT2D eigenvalue weighted by atomic mass is 10.1. The molecular weight excluding hydrogens is 376 g/mol. The van der Waals surface area contributed by atoms with Gasteiger partial charge in [0, 0.05) is 39.8 Å². The van der Waals surface area contributed by atoms with E-state index in [9.17, 15) is 4.79 Å². The molecule has 1 atom stereocenters. The number of hydrogen-bond acceptors (Lipinski definition) is 5. The molecule has 0 saturated carbocycles. The van der Waals surface area contributed by atoms with Crippen molar-refractivity contribution in [2.45, 2.75) is 26.4 Å². The molecule has 2 aliphatic heterocycles. The maximum atomic E-state index is 12.6. The third-order valence-electron chi connectivity index (χ3n) is 6.00. The number of piperazine rings is 1. The number of aliphatic imine (C=N–C) groups is 1. The van der Waals surface area contributed by atoms with Crippen molar-refractivity contribution in [2.75, 3.05) is 39.8 Å². The largest absolute Gasteiger partial charge is 0.484 e. The predicted octanol–water partition coefficient (Wildman–Crippen LogP) is 3.08. The number of hydrogen-bond donors (Lipinski definition) is 0. The quantitative estimate of drug-likeness (QED) is 0.766. The number of benzene rings is 2. The van der Waals surface area contributed by atoms with E-state index in [2.05, 4.69) is 42.0 Å². The fourth-order valence-corrected chi connectivity index (χ4v) is 4.10. The third-order valence-corrected chi connectivity index (χ3v) is 6.00. The second kappa shape index (κ2) is 8.88. The second-order valence-corrected chi connectivity index (χ2v) is 8.15. The minimum atomic E-state index is 0.0453. The number of nitrogens with zero attached hydrogens (tertiary/aromatic N) is 4. The fourth-order valence-electron chi connectivity index (χ4n) is 4.10. The van der Waals surface area contributed by atoms with Crippen LogP contribution in [0.1, 0.15) is 18.1 Å². The van der Waals surface area contributed by atoms with Crippen molar-refractivity contribution in [2.24, 2.45) is 4.99 Å². The van der Waals surface area contributed by atoms with Crippen molar-refractivity contribution in [1.82, 2.24) is 14.7 Å². The summed E-state index contributed by atoms with van der Waals surface area (Å²) in [6, 6.07) is 16.3. The lowest BCUT2D eigenvalue weighted by Crippen LogP contribution is -2.55. The molecule has 4 rings (SSSR count). The molecule has 1 amide bonds. The highest BCUT2D eigenvalue weighted by Gasteiger charge is 2.29. The molecule has 0 bridgehead atoms. The van der Waals surface area contributed by atoms with Crippen LogP contribution in [0.25, 0.3) is 0 Å². The molecule has 1 fully saturated rings. The van der Waals surface area contributed by atoms with Gasteiger partial charge in [0.2, 0.25) is 0 Å². The number of para-hydroxylation sites is 1. The Labute approximate surface area is 178 Å². The number of amides is 1. The fraction of sp³-hybridized carbons (Fsp3) is 0.417. The monoisotopic (exact) mass is 406 g/mol. The molecule has 0 radical (unpaired) electrons. The summed E-state index contributed by atoms with van der Waals surface area (Å²) < 4.78 is 5.66. The predicted molar refractivity (Wildman–Crippen MR) is 119 cm³/mol. The molecular formula is C24H30N4O2. The van der Waals surface area contributed by atoms with Crippen molar-refractivity contribution in [3.8, 4) is 5.75 Å². The summed E-state index contributed by atoms with van der Waals surface area (Å²) >= 11 is 0. The summed E-state index contributed by atoms with van der Waals surface area (Å²) in [5, 5.41) is 0. The summed E-state index contributed by atoms with van der Waals surface area (Å²) in [6.45, 7) is 8.32. The van der Waals surface area contributed by atoms with Crippen LogP contribution >= 0.6 is 0 Å². The Bertz CT molecular complexity index is 917. The van der Waals surface area contributed by atoms with Gasteiger partial charge in [0.25, 0.3) is 5.91 Å². The van der Waals surface area contributed by atoms with Crippen molar-refractivity contribution in [3.63, 3.8) is 0 Å². The standard InChI is InChI=1S/C24H30N4O2/c1-18-8-10-21(11-9-18)30-17-23(29)28-14-12-27(13-15-28)19(2)24-25-22-7-5-4-6-20(22)16-26(24)3/h4-11,19H,12-17H2,1-3H3. The molecule has 6 heteroatoms. The summed E-state index contributed by atoms with van der Waals surface area (Å²) in [6.07, 6.45) is 0. The minimum absolute atomic E-state index is 0.0453. The average molecular weight is 407 g/mol. The highest BCUT2D eigenvalue weighted by Crippen LogP contribution is 2.27. The van der Waals surface area contributed by atoms with Gasteiger partial charge in [-0.25, -0.2) is 4.99 Å². The summed E-state index contributed by atoms with van der Waals surface area (Å²) in [5.41, 5.74) is 3.51. The highest BCUT2D eigenvalue weighted by molar-refractivity contribution is 5.91. The number of likely N-dealkylation sites (N-methyl/N-ethyl adjacent to an activating group) is 1. The maximum Gasteiger partial charge on any atom is 0.260 e. The topological polar surface area (TPSA) is 48.4 Å². The van der Waals surface area contributed by atoms with Gasteiger partial charge in [0.1, 0.15) is 11.6 Å². The Morgan fingerprint density at radius 2 is 1.77 bits per heavy atom. The number of carbonyl (C=O) groups excluding carboxylic acids is 1. The van der Waals surface area contributed by atoms with E-state index in [1.807, 2.05) is 42.2 Å². The number of rotatable bonds is 5. The lowest BCUT2D eigenvalue weighted by Gasteiger charge is -2.40. The normalized spacial score (nSPS) is 17.9. The smallest absolute Gasteiger partial charge is 0.260 e. The number of amidine groups is 1. The third kappa shape index (κ3) is 4.49. The van der Waals surface area contributed by atoms with Crippen molar-refractivity contribution < 1.29 is 9.53 Å². The molecule has 2 heterocycles. The first-order valence-corrected chi connectivity index (χ1v) is 10.6. The summed E-state index contributed by atoms with van der Waals surface area (Å²) in [5.74, 6) is 1.87. The molecule has 2 aromatic rings. The van der Waals surface area contributed by atoms with Gasteiger partial charge in [-0.1, -0.05) is 35.9 Å². The first-order chi connectivity index (χ1) is 14.5. The van der Waals surface area contributed by atoms with Gasteiger partial charge < -0.3 is 14.5 Å². The van der Waals surface area contributed by atoms with Crippen LogP contribution in [-0.4, -0.2) is 72.3 Å². The van der Waals surface area contributed by atoms with Crippen molar-refractivity contribution in [3.05, 3.63) is 59.7 Å². The van der Waals surface area contributed by atoms with Crippen molar-refractivity contribution in [1.29, 1.82) is 0 Å². The van der Waals surface area contributed by atoms with Gasteiger partial charge in [-0.2, -0.15) is 0 Å². The van der Waals surface area contributed by atoms with Crippen LogP contribution in [0.3, 0.4) is 0 Å². The number of fused-ring (bicyclic) bond motifs is 1. The zero-order valence-corrected chi connectivity index (χ0v) is 18.0. The van der Waals surface area contributed by atoms with E-state index in [-0.39, 0.29) is 18.6 Å². The van der Waals surface area contributed by atoms with Crippen LogP contribution < -0.4 is 4.74 Å². The van der Waals surface area contributed by atoms with Gasteiger partial charge in [-0.3, -0.25) is 9.69 Å². The lowest BCUT2D eigenvalue weighted by molar-refractivity contribution is -0.135. The average Bonchev–Trinajstić information content (AvgIpc) is 2.77. The van der Waals surface area contributed by atoms with Crippen molar-refractivity contribution >= 4 is 17.4 Å². The first-order valence-electron chi connectivity index (χ1n) is 10.6. The number of carbonyl (C=O) groups is 1. The van der Waals surface area contributed by atoms with E-state index in [0.717, 1.165) is 36.9 Å². The highest BCUT2D eigenvalue weighted by atomic mass is 16.5. The Balaban J connectivity index is 1.31. The summed E-state index contributed by atoms with van der Waals surface area (Å²) in [7, 11) is 2.10. The minimum Gasteiger partial charge on any atom is -0.484 e. The van der Waals surface area contributed by atoms with Gasteiger partial charge in [-0.05, 0) is 37.6 Å². The Morgan fingerprint density at radius 1 is 1.07 bits per heavy atom. The second-order valence-electron chi connectivity index (χ2n) is 8.15. The molecule has 30 heavy (non-hydrogen) atoms. The maximum absolute atomic E-state index is 12.6. The van der Waals surface area contributed by atoms with Gasteiger partial charge in [-0.15, -0.1) is 0 Å². The van der Waals surface area contributed by atoms with E-state index < -0.39 is 0 Å². The Morgan fingerprint density at radius 3 is 2.50 bits per heavy atom. The summed E-state index contributed by atoms with van der Waals surface area (Å²) in [4.78, 5) is 24.0. The van der Waals surface area contributed by atoms with Crippen LogP contribution in [0.15, 0.2) is 53.5 Å². The van der Waals surface area contributed by atoms with Gasteiger partial charge >= 0.3 is 0 Å². The Hall–Kier alpha value is -2.86. The number of ether oxygens (including phenoxy) is 1. The molecule has 1 unspecified atom stereocenters. The molecule has 158 valence electrons. The van der Waals surface area contributed by atoms with Crippen LogP contribution in [0.4, 0.5) is 5.69 Å². The van der Waals surface area contributed by atoms with Crippen LogP contribution in [0.5, 0.6) is 5.75 Å². The molecule has 6 nitrogen and oxygen atoms in total. The molecule has 0 aliphatic carbocycles.